The lowest BCUT2D eigenvalue weighted by Gasteiger charge is -2.09. The van der Waals surface area contributed by atoms with E-state index in [0.717, 1.165) is 16.8 Å². The predicted octanol–water partition coefficient (Wildman–Crippen LogP) is 4.78. The van der Waals surface area contributed by atoms with E-state index in [2.05, 4.69) is 5.32 Å². The molecule has 0 spiro atoms. The van der Waals surface area contributed by atoms with Gasteiger partial charge in [-0.15, -0.1) is 0 Å². The Balaban J connectivity index is 1.39. The molecular weight excluding hydrogens is 390 g/mol. The van der Waals surface area contributed by atoms with Crippen molar-refractivity contribution in [1.82, 2.24) is 0 Å². The van der Waals surface area contributed by atoms with Gasteiger partial charge in [-0.3, -0.25) is 14.4 Å². The number of rotatable bonds is 5. The normalized spacial score (nSPS) is 12.5. The lowest BCUT2D eigenvalue weighted by atomic mass is 10.1. The van der Waals surface area contributed by atoms with Gasteiger partial charge in [0.15, 0.2) is 18.2 Å². The van der Waals surface area contributed by atoms with Crippen molar-refractivity contribution in [3.63, 3.8) is 0 Å². The fourth-order valence-corrected chi connectivity index (χ4v) is 3.62. The highest BCUT2D eigenvalue weighted by Crippen LogP contribution is 2.28. The van der Waals surface area contributed by atoms with E-state index in [4.69, 9.17) is 4.74 Å². The second kappa shape index (κ2) is 8.40. The second-order valence-corrected chi connectivity index (χ2v) is 7.54. The number of aryl methyl sites for hydroxylation is 2. The molecular formula is C26H21NO4. The first kappa shape index (κ1) is 20.3. The zero-order valence-corrected chi connectivity index (χ0v) is 17.3. The Morgan fingerprint density at radius 2 is 1.45 bits per heavy atom. The largest absolute Gasteiger partial charge is 0.484 e. The Morgan fingerprint density at radius 1 is 0.871 bits per heavy atom. The van der Waals surface area contributed by atoms with Crippen LogP contribution in [0, 0.1) is 13.8 Å². The van der Waals surface area contributed by atoms with Gasteiger partial charge in [-0.25, -0.2) is 0 Å². The molecule has 3 aromatic carbocycles. The van der Waals surface area contributed by atoms with E-state index in [1.54, 1.807) is 54.6 Å². The van der Waals surface area contributed by atoms with Crippen LogP contribution in [0.3, 0.4) is 0 Å². The number of nitrogens with one attached hydrogen (secondary N) is 1. The Labute approximate surface area is 180 Å². The summed E-state index contributed by atoms with van der Waals surface area (Å²) in [6.07, 6.45) is 1.58. The van der Waals surface area contributed by atoms with Gasteiger partial charge >= 0.3 is 0 Å². The van der Waals surface area contributed by atoms with Crippen molar-refractivity contribution in [3.05, 3.63) is 100 Å². The van der Waals surface area contributed by atoms with Gasteiger partial charge in [-0.05, 0) is 60.9 Å². The molecule has 0 aromatic heterocycles. The van der Waals surface area contributed by atoms with Crippen molar-refractivity contribution in [2.24, 2.45) is 0 Å². The summed E-state index contributed by atoms with van der Waals surface area (Å²) in [4.78, 5) is 37.1. The number of amides is 1. The Morgan fingerprint density at radius 3 is 2.03 bits per heavy atom. The third-order valence-electron chi connectivity index (χ3n) is 4.97. The quantitative estimate of drug-likeness (QED) is 0.484. The van der Waals surface area contributed by atoms with Crippen molar-refractivity contribution < 1.29 is 19.1 Å². The van der Waals surface area contributed by atoms with Gasteiger partial charge in [0.1, 0.15) is 5.75 Å². The first-order chi connectivity index (χ1) is 14.9. The minimum atomic E-state index is -0.260. The molecule has 31 heavy (non-hydrogen) atoms. The summed E-state index contributed by atoms with van der Waals surface area (Å²) in [7, 11) is 0. The third kappa shape index (κ3) is 4.46. The lowest BCUT2D eigenvalue weighted by molar-refractivity contribution is -0.118. The number of allylic oxidation sites excluding steroid dienone is 1. The van der Waals surface area contributed by atoms with E-state index in [-0.39, 0.29) is 29.7 Å². The SMILES string of the molecule is Cc1cc(C)cc(NC(=O)COc2ccc(C=C3C(=O)c4ccccc4C3=O)cc2)c1. The molecule has 0 heterocycles. The average Bonchev–Trinajstić information content (AvgIpc) is 2.98. The molecule has 1 aliphatic carbocycles. The number of carbonyl (C=O) groups is 3. The van der Waals surface area contributed by atoms with E-state index in [9.17, 15) is 14.4 Å². The molecule has 0 fully saturated rings. The van der Waals surface area contributed by atoms with Gasteiger partial charge in [0.05, 0.1) is 5.57 Å². The van der Waals surface area contributed by atoms with Gasteiger partial charge in [-0.2, -0.15) is 0 Å². The topological polar surface area (TPSA) is 72.5 Å². The smallest absolute Gasteiger partial charge is 0.262 e. The molecule has 0 bridgehead atoms. The van der Waals surface area contributed by atoms with Crippen LogP contribution >= 0.6 is 0 Å². The second-order valence-electron chi connectivity index (χ2n) is 7.54. The highest BCUT2D eigenvalue weighted by molar-refractivity contribution is 6.41. The van der Waals surface area contributed by atoms with Gasteiger partial charge in [0.2, 0.25) is 0 Å². The van der Waals surface area contributed by atoms with Crippen molar-refractivity contribution in [2.45, 2.75) is 13.8 Å². The van der Waals surface area contributed by atoms with Gasteiger partial charge in [-0.1, -0.05) is 42.5 Å². The van der Waals surface area contributed by atoms with Crippen molar-refractivity contribution in [1.29, 1.82) is 0 Å². The first-order valence-electron chi connectivity index (χ1n) is 9.92. The van der Waals surface area contributed by atoms with Crippen LogP contribution in [0.2, 0.25) is 0 Å². The summed E-state index contributed by atoms with van der Waals surface area (Å²) < 4.78 is 5.55. The first-order valence-corrected chi connectivity index (χ1v) is 9.92. The van der Waals surface area contributed by atoms with Crippen LogP contribution in [0.5, 0.6) is 5.75 Å². The number of carbonyl (C=O) groups excluding carboxylic acids is 3. The third-order valence-corrected chi connectivity index (χ3v) is 4.97. The maximum atomic E-state index is 12.5. The van der Waals surface area contributed by atoms with E-state index < -0.39 is 0 Å². The molecule has 1 N–H and O–H groups in total. The molecule has 0 aliphatic heterocycles. The van der Waals surface area contributed by atoms with Crippen LogP contribution in [0.25, 0.3) is 6.08 Å². The standard InChI is InChI=1S/C26H21NO4/c1-16-11-17(2)13-19(12-16)27-24(28)15-31-20-9-7-18(8-10-20)14-23-25(29)21-5-3-4-6-22(21)26(23)30/h3-14H,15H2,1-2H3,(H,27,28). The molecule has 0 atom stereocenters. The number of fused-ring (bicyclic) bond motifs is 1. The fraction of sp³-hybridized carbons (Fsp3) is 0.115. The minimum Gasteiger partial charge on any atom is -0.484 e. The number of Topliss-reactive ketones (excluding diaryl/α,β-unsaturated/α-hetero) is 2. The van der Waals surface area contributed by atoms with Crippen LogP contribution in [-0.2, 0) is 4.79 Å². The van der Waals surface area contributed by atoms with Gasteiger partial charge in [0.25, 0.3) is 5.91 Å². The molecule has 3 aromatic rings. The number of anilines is 1. The molecule has 5 nitrogen and oxygen atoms in total. The highest BCUT2D eigenvalue weighted by atomic mass is 16.5. The Bertz CT molecular complexity index is 1170. The molecule has 0 radical (unpaired) electrons. The fourth-order valence-electron chi connectivity index (χ4n) is 3.62. The average molecular weight is 411 g/mol. The van der Waals surface area contributed by atoms with Gasteiger partial charge < -0.3 is 10.1 Å². The lowest BCUT2D eigenvalue weighted by Crippen LogP contribution is -2.20. The zero-order valence-electron chi connectivity index (χ0n) is 17.3. The molecule has 1 aliphatic rings. The Kier molecular flexibility index (Phi) is 5.50. The number of ketones is 2. The summed E-state index contributed by atoms with van der Waals surface area (Å²) >= 11 is 0. The predicted molar refractivity (Wildman–Crippen MR) is 120 cm³/mol. The van der Waals surface area contributed by atoms with Crippen LogP contribution in [-0.4, -0.2) is 24.1 Å². The summed E-state index contributed by atoms with van der Waals surface area (Å²) in [6.45, 7) is 3.82. The van der Waals surface area contributed by atoms with Crippen LogP contribution in [0.4, 0.5) is 5.69 Å². The molecule has 154 valence electrons. The van der Waals surface area contributed by atoms with E-state index in [1.807, 2.05) is 32.0 Å². The molecule has 0 saturated heterocycles. The van der Waals surface area contributed by atoms with Crippen LogP contribution < -0.4 is 10.1 Å². The van der Waals surface area contributed by atoms with Crippen LogP contribution in [0.15, 0.2) is 72.3 Å². The van der Waals surface area contributed by atoms with E-state index >= 15 is 0 Å². The van der Waals surface area contributed by atoms with Crippen molar-refractivity contribution >= 4 is 29.2 Å². The maximum absolute atomic E-state index is 12.5. The zero-order chi connectivity index (χ0) is 22.0. The monoisotopic (exact) mass is 411 g/mol. The molecule has 0 saturated carbocycles. The number of ether oxygens (including phenoxy) is 1. The number of hydrogen-bond acceptors (Lipinski definition) is 4. The van der Waals surface area contributed by atoms with Gasteiger partial charge in [0, 0.05) is 16.8 Å². The molecule has 5 heteroatoms. The summed E-state index contributed by atoms with van der Waals surface area (Å²) in [5, 5.41) is 2.82. The Hall–Kier alpha value is -3.99. The minimum absolute atomic E-state index is 0.125. The summed E-state index contributed by atoms with van der Waals surface area (Å²) in [6, 6.07) is 19.5. The van der Waals surface area contributed by atoms with E-state index in [1.165, 1.54) is 0 Å². The number of hydrogen-bond donors (Lipinski definition) is 1. The summed E-state index contributed by atoms with van der Waals surface area (Å²) in [5.74, 6) is -0.255. The highest BCUT2D eigenvalue weighted by Gasteiger charge is 2.32. The summed E-state index contributed by atoms with van der Waals surface area (Å²) in [5.41, 5.74) is 4.62. The molecule has 1 amide bonds. The van der Waals surface area contributed by atoms with Crippen molar-refractivity contribution in [2.75, 3.05) is 11.9 Å². The molecule has 4 rings (SSSR count). The van der Waals surface area contributed by atoms with Crippen molar-refractivity contribution in [3.8, 4) is 5.75 Å². The van der Waals surface area contributed by atoms with E-state index in [0.29, 0.717) is 22.4 Å². The molecule has 0 unspecified atom stereocenters. The van der Waals surface area contributed by atoms with Crippen LogP contribution in [0.1, 0.15) is 37.4 Å². The maximum Gasteiger partial charge on any atom is 0.262 e. The number of benzene rings is 3.